The van der Waals surface area contributed by atoms with Crippen molar-refractivity contribution < 1.29 is 19.4 Å². The molecule has 0 aliphatic carbocycles. The maximum absolute atomic E-state index is 11.2. The largest absolute Gasteiger partial charge is 0.493 e. The Bertz CT molecular complexity index is 706. The molecule has 1 N–H and O–H groups in total. The van der Waals surface area contributed by atoms with E-state index in [4.69, 9.17) is 9.84 Å². The van der Waals surface area contributed by atoms with Crippen LogP contribution in [0.3, 0.4) is 0 Å². The number of thiazole rings is 1. The van der Waals surface area contributed by atoms with Crippen molar-refractivity contribution in [2.75, 3.05) is 6.61 Å². The molecule has 1 aromatic heterocycles. The van der Waals surface area contributed by atoms with Crippen LogP contribution in [-0.2, 0) is 0 Å². The van der Waals surface area contributed by atoms with Gasteiger partial charge < -0.3 is 9.84 Å². The molecule has 0 atom stereocenters. The Balaban J connectivity index is 2.35. The zero-order valence-electron chi connectivity index (χ0n) is 12.6. The topological polar surface area (TPSA) is 76.5 Å². The van der Waals surface area contributed by atoms with Crippen LogP contribution in [-0.4, -0.2) is 29.0 Å². The van der Waals surface area contributed by atoms with Crippen LogP contribution >= 0.6 is 11.3 Å². The molecule has 5 nitrogen and oxygen atoms in total. The van der Waals surface area contributed by atoms with Gasteiger partial charge in [0.2, 0.25) is 0 Å². The molecule has 1 heterocycles. The van der Waals surface area contributed by atoms with Gasteiger partial charge in [-0.1, -0.05) is 13.8 Å². The van der Waals surface area contributed by atoms with Crippen molar-refractivity contribution in [3.05, 3.63) is 34.3 Å². The summed E-state index contributed by atoms with van der Waals surface area (Å²) in [5.74, 6) is -0.105. The third-order valence-corrected chi connectivity index (χ3v) is 4.14. The maximum atomic E-state index is 11.2. The van der Waals surface area contributed by atoms with Gasteiger partial charge in [-0.2, -0.15) is 0 Å². The average Bonchev–Trinajstić information content (AvgIpc) is 2.87. The van der Waals surface area contributed by atoms with E-state index in [1.807, 2.05) is 13.8 Å². The lowest BCUT2D eigenvalue weighted by atomic mass is 10.1. The highest BCUT2D eigenvalue weighted by Crippen LogP contribution is 2.31. The maximum Gasteiger partial charge on any atom is 0.347 e. The van der Waals surface area contributed by atoms with Crippen LogP contribution in [0.1, 0.15) is 39.6 Å². The molecule has 0 spiro atoms. The normalized spacial score (nSPS) is 10.7. The third-order valence-electron chi connectivity index (χ3n) is 2.95. The van der Waals surface area contributed by atoms with E-state index in [0.717, 1.165) is 17.6 Å². The lowest BCUT2D eigenvalue weighted by Gasteiger charge is -2.11. The Morgan fingerprint density at radius 1 is 1.45 bits per heavy atom. The molecule has 1 aromatic carbocycles. The first-order chi connectivity index (χ1) is 10.4. The number of hydrogen-bond acceptors (Lipinski definition) is 5. The first-order valence-corrected chi connectivity index (χ1v) is 7.67. The summed E-state index contributed by atoms with van der Waals surface area (Å²) < 4.78 is 5.61. The van der Waals surface area contributed by atoms with E-state index in [1.54, 1.807) is 25.1 Å². The molecule has 2 aromatic rings. The second kappa shape index (κ2) is 6.70. The average molecular weight is 319 g/mol. The number of carboxylic acid groups (broad SMARTS) is 1. The summed E-state index contributed by atoms with van der Waals surface area (Å²) >= 11 is 1.10. The Morgan fingerprint density at radius 3 is 2.73 bits per heavy atom. The number of aldehydes is 1. The van der Waals surface area contributed by atoms with Gasteiger partial charge in [-0.3, -0.25) is 4.79 Å². The second-order valence-corrected chi connectivity index (χ2v) is 6.31. The van der Waals surface area contributed by atoms with Crippen LogP contribution in [0.25, 0.3) is 10.6 Å². The van der Waals surface area contributed by atoms with Gasteiger partial charge in [0.15, 0.2) is 6.29 Å². The number of nitrogens with zero attached hydrogens (tertiary/aromatic N) is 1. The number of rotatable bonds is 6. The van der Waals surface area contributed by atoms with Crippen LogP contribution in [0.5, 0.6) is 5.75 Å². The lowest BCUT2D eigenvalue weighted by Crippen LogP contribution is -2.06. The number of benzene rings is 1. The molecule has 0 saturated heterocycles. The number of carboxylic acids is 1. The highest BCUT2D eigenvalue weighted by atomic mass is 32.1. The van der Waals surface area contributed by atoms with E-state index in [2.05, 4.69) is 4.98 Å². The molecule has 6 heteroatoms. The second-order valence-electron chi connectivity index (χ2n) is 5.31. The smallest absolute Gasteiger partial charge is 0.347 e. The van der Waals surface area contributed by atoms with Crippen LogP contribution in [0.2, 0.25) is 0 Å². The molecule has 0 fully saturated rings. The predicted molar refractivity (Wildman–Crippen MR) is 85.0 cm³/mol. The van der Waals surface area contributed by atoms with E-state index in [0.29, 0.717) is 40.1 Å². The molecule has 0 aliphatic rings. The van der Waals surface area contributed by atoms with Gasteiger partial charge in [-0.15, -0.1) is 11.3 Å². The molecule has 0 saturated carbocycles. The summed E-state index contributed by atoms with van der Waals surface area (Å²) in [6.45, 7) is 6.24. The fourth-order valence-corrected chi connectivity index (χ4v) is 2.78. The van der Waals surface area contributed by atoms with Gasteiger partial charge in [0.1, 0.15) is 15.6 Å². The van der Waals surface area contributed by atoms with Gasteiger partial charge in [0.05, 0.1) is 17.9 Å². The first kappa shape index (κ1) is 16.2. The van der Waals surface area contributed by atoms with Crippen molar-refractivity contribution in [3.8, 4) is 16.3 Å². The zero-order valence-corrected chi connectivity index (χ0v) is 13.4. The Morgan fingerprint density at radius 2 is 2.18 bits per heavy atom. The molecule has 0 radical (unpaired) electrons. The van der Waals surface area contributed by atoms with Crippen LogP contribution < -0.4 is 4.74 Å². The lowest BCUT2D eigenvalue weighted by molar-refractivity contribution is 0.0701. The number of ether oxygens (including phenoxy) is 1. The zero-order chi connectivity index (χ0) is 16.3. The number of hydrogen-bond donors (Lipinski definition) is 1. The van der Waals surface area contributed by atoms with Crippen LogP contribution in [0.15, 0.2) is 18.2 Å². The SMILES string of the molecule is Cc1nc(-c2ccc(OCC(C)C)c(C=O)c2)sc1C(=O)O. The van der Waals surface area contributed by atoms with Crippen molar-refractivity contribution in [3.63, 3.8) is 0 Å². The van der Waals surface area contributed by atoms with Gasteiger partial charge in [0.25, 0.3) is 0 Å². The van der Waals surface area contributed by atoms with Crippen molar-refractivity contribution in [1.82, 2.24) is 4.98 Å². The van der Waals surface area contributed by atoms with E-state index in [1.165, 1.54) is 0 Å². The van der Waals surface area contributed by atoms with Crippen LogP contribution in [0, 0.1) is 12.8 Å². The van der Waals surface area contributed by atoms with Crippen molar-refractivity contribution in [2.24, 2.45) is 5.92 Å². The van der Waals surface area contributed by atoms with E-state index in [-0.39, 0.29) is 4.88 Å². The van der Waals surface area contributed by atoms with E-state index in [9.17, 15) is 9.59 Å². The minimum absolute atomic E-state index is 0.211. The fourth-order valence-electron chi connectivity index (χ4n) is 1.88. The summed E-state index contributed by atoms with van der Waals surface area (Å²) in [5, 5.41) is 9.66. The Hall–Kier alpha value is -2.21. The number of aromatic carboxylic acids is 1. The standard InChI is InChI=1S/C16H17NO4S/c1-9(2)8-21-13-5-4-11(6-12(13)7-18)15-17-10(3)14(22-15)16(19)20/h4-7,9H,8H2,1-3H3,(H,19,20). The molecule has 0 unspecified atom stereocenters. The first-order valence-electron chi connectivity index (χ1n) is 6.85. The number of carbonyl (C=O) groups excluding carboxylic acids is 1. The Labute approximate surface area is 132 Å². The summed E-state index contributed by atoms with van der Waals surface area (Å²) in [6, 6.07) is 5.18. The van der Waals surface area contributed by atoms with Crippen molar-refractivity contribution in [2.45, 2.75) is 20.8 Å². The van der Waals surface area contributed by atoms with E-state index < -0.39 is 5.97 Å². The number of carbonyl (C=O) groups is 2. The molecule has 2 rings (SSSR count). The predicted octanol–water partition coefficient (Wildman–Crippen LogP) is 3.66. The minimum atomic E-state index is -0.992. The number of aromatic nitrogens is 1. The molecule has 116 valence electrons. The third kappa shape index (κ3) is 3.51. The van der Waals surface area contributed by atoms with E-state index >= 15 is 0 Å². The van der Waals surface area contributed by atoms with Gasteiger partial charge in [0, 0.05) is 5.56 Å². The van der Waals surface area contributed by atoms with Crippen molar-refractivity contribution >= 4 is 23.6 Å². The summed E-state index contributed by atoms with van der Waals surface area (Å²) in [4.78, 5) is 26.8. The summed E-state index contributed by atoms with van der Waals surface area (Å²) in [6.07, 6.45) is 0.734. The monoisotopic (exact) mass is 319 g/mol. The molecule has 0 amide bonds. The number of aryl methyl sites for hydroxylation is 1. The molecular weight excluding hydrogens is 302 g/mol. The summed E-state index contributed by atoms with van der Waals surface area (Å²) in [5.41, 5.74) is 1.61. The molecule has 0 bridgehead atoms. The molecule has 0 aliphatic heterocycles. The molecular formula is C16H17NO4S. The van der Waals surface area contributed by atoms with Gasteiger partial charge in [-0.25, -0.2) is 9.78 Å². The van der Waals surface area contributed by atoms with Gasteiger partial charge in [-0.05, 0) is 31.0 Å². The fraction of sp³-hybridized carbons (Fsp3) is 0.312. The van der Waals surface area contributed by atoms with Gasteiger partial charge >= 0.3 is 5.97 Å². The Kier molecular flexibility index (Phi) is 4.92. The molecule has 22 heavy (non-hydrogen) atoms. The minimum Gasteiger partial charge on any atom is -0.493 e. The summed E-state index contributed by atoms with van der Waals surface area (Å²) in [7, 11) is 0. The highest BCUT2D eigenvalue weighted by Gasteiger charge is 2.16. The quantitative estimate of drug-likeness (QED) is 0.822. The highest BCUT2D eigenvalue weighted by molar-refractivity contribution is 7.17. The van der Waals surface area contributed by atoms with Crippen LogP contribution in [0.4, 0.5) is 0 Å². The van der Waals surface area contributed by atoms with Crippen molar-refractivity contribution in [1.29, 1.82) is 0 Å².